The van der Waals surface area contributed by atoms with E-state index in [0.29, 0.717) is 31.1 Å². The van der Waals surface area contributed by atoms with E-state index in [-0.39, 0.29) is 5.76 Å². The Morgan fingerprint density at radius 1 is 1.06 bits per heavy atom. The Morgan fingerprint density at radius 2 is 1.82 bits per heavy atom. The van der Waals surface area contributed by atoms with Crippen molar-refractivity contribution in [3.8, 4) is 22.3 Å². The fraction of sp³-hybridized carbons (Fsp3) is 0.250. The van der Waals surface area contributed by atoms with Gasteiger partial charge in [0.2, 0.25) is 5.89 Å². The average molecular weight is 476 g/mol. The van der Waals surface area contributed by atoms with Crippen molar-refractivity contribution in [3.63, 3.8) is 0 Å². The molecule has 0 amide bonds. The van der Waals surface area contributed by atoms with Crippen LogP contribution in [0.5, 0.6) is 11.5 Å². The Labute approximate surface area is 204 Å². The third-order valence-corrected chi connectivity index (χ3v) is 6.46. The fourth-order valence-electron chi connectivity index (χ4n) is 3.76. The van der Waals surface area contributed by atoms with E-state index in [4.69, 9.17) is 13.9 Å². The first kappa shape index (κ1) is 23.6. The van der Waals surface area contributed by atoms with Crippen molar-refractivity contribution in [2.24, 2.45) is 0 Å². The zero-order valence-electron chi connectivity index (χ0n) is 19.7. The summed E-state index contributed by atoms with van der Waals surface area (Å²) in [5.74, 6) is 3.18. The van der Waals surface area contributed by atoms with E-state index in [1.165, 1.54) is 0 Å². The fourth-order valence-corrected chi connectivity index (χ4v) is 4.41. The molecule has 2 aromatic heterocycles. The number of nitrogens with zero attached hydrogens (tertiary/aromatic N) is 1. The quantitative estimate of drug-likeness (QED) is 0.246. The van der Waals surface area contributed by atoms with Crippen LogP contribution in [-0.4, -0.2) is 22.3 Å². The first-order valence-electron chi connectivity index (χ1n) is 11.3. The molecule has 4 rings (SSSR count). The van der Waals surface area contributed by atoms with Crippen molar-refractivity contribution in [3.05, 3.63) is 101 Å². The van der Waals surface area contributed by atoms with Gasteiger partial charge in [0.05, 0.1) is 17.2 Å². The largest absolute Gasteiger partial charge is 0.508 e. The van der Waals surface area contributed by atoms with Crippen LogP contribution >= 0.6 is 11.3 Å². The minimum Gasteiger partial charge on any atom is -0.508 e. The molecule has 0 unspecified atom stereocenters. The number of ether oxygens (including phenoxy) is 2. The van der Waals surface area contributed by atoms with E-state index in [1.54, 1.807) is 24.3 Å². The highest BCUT2D eigenvalue weighted by atomic mass is 32.1. The van der Waals surface area contributed by atoms with Gasteiger partial charge in [0.15, 0.2) is 5.60 Å². The van der Waals surface area contributed by atoms with E-state index in [9.17, 15) is 5.11 Å². The van der Waals surface area contributed by atoms with Crippen molar-refractivity contribution in [2.45, 2.75) is 39.2 Å². The summed E-state index contributed by atoms with van der Waals surface area (Å²) < 4.78 is 17.9. The number of rotatable bonds is 10. The standard InChI is InChI=1S/C28H29NO4S/c1-4-26(30)28(3,33-23-9-6-5-7-10-23)19-21-12-14-22(15-13-21)31-17-16-24-20(2)32-27(29-24)25-11-8-18-34-25/h4-15,18,30H,16-17,19H2,1-3H3/b26-4-/t28-/m0/s1. The van der Waals surface area contributed by atoms with Gasteiger partial charge in [-0.05, 0) is 68.1 Å². The molecule has 1 N–H and O–H groups in total. The molecule has 34 heavy (non-hydrogen) atoms. The lowest BCUT2D eigenvalue weighted by Gasteiger charge is -2.30. The van der Waals surface area contributed by atoms with Gasteiger partial charge in [0.25, 0.3) is 0 Å². The van der Waals surface area contributed by atoms with Crippen molar-refractivity contribution in [1.29, 1.82) is 0 Å². The van der Waals surface area contributed by atoms with Crippen molar-refractivity contribution in [2.75, 3.05) is 6.61 Å². The number of aliphatic hydroxyl groups excluding tert-OH is 1. The minimum absolute atomic E-state index is 0.196. The van der Waals surface area contributed by atoms with Crippen LogP contribution in [0.4, 0.5) is 0 Å². The highest BCUT2D eigenvalue weighted by Gasteiger charge is 2.31. The van der Waals surface area contributed by atoms with Gasteiger partial charge < -0.3 is 19.0 Å². The first-order valence-corrected chi connectivity index (χ1v) is 12.2. The second-order valence-corrected chi connectivity index (χ2v) is 9.19. The summed E-state index contributed by atoms with van der Waals surface area (Å²) in [4.78, 5) is 5.64. The maximum atomic E-state index is 10.6. The lowest BCUT2D eigenvalue weighted by atomic mass is 9.93. The van der Waals surface area contributed by atoms with Gasteiger partial charge in [0.1, 0.15) is 23.0 Å². The van der Waals surface area contributed by atoms with E-state index in [1.807, 2.05) is 86.0 Å². The predicted octanol–water partition coefficient (Wildman–Crippen LogP) is 7.18. The molecule has 0 saturated carbocycles. The molecule has 2 heterocycles. The van der Waals surface area contributed by atoms with Crippen LogP contribution in [0.2, 0.25) is 0 Å². The Hall–Kier alpha value is -3.51. The smallest absolute Gasteiger partial charge is 0.236 e. The molecule has 0 aliphatic heterocycles. The van der Waals surface area contributed by atoms with Crippen LogP contribution in [0.1, 0.15) is 30.9 Å². The lowest BCUT2D eigenvalue weighted by molar-refractivity contribution is 0.0782. The molecule has 5 nitrogen and oxygen atoms in total. The van der Waals surface area contributed by atoms with Crippen molar-refractivity contribution in [1.82, 2.24) is 4.98 Å². The SMILES string of the molecule is C/C=C(\O)[C@](C)(Cc1ccc(OCCc2nc(-c3cccs3)oc2C)cc1)Oc1ccccc1. The van der Waals surface area contributed by atoms with Gasteiger partial charge in [0, 0.05) is 12.8 Å². The maximum Gasteiger partial charge on any atom is 0.236 e. The molecule has 0 spiro atoms. The molecule has 6 heteroatoms. The second kappa shape index (κ2) is 10.6. The van der Waals surface area contributed by atoms with Crippen LogP contribution in [0.3, 0.4) is 0 Å². The molecular weight excluding hydrogens is 446 g/mol. The third kappa shape index (κ3) is 5.69. The van der Waals surface area contributed by atoms with Crippen LogP contribution in [-0.2, 0) is 12.8 Å². The number of hydrogen-bond acceptors (Lipinski definition) is 6. The number of aromatic nitrogens is 1. The summed E-state index contributed by atoms with van der Waals surface area (Å²) in [6, 6.07) is 21.4. The van der Waals surface area contributed by atoms with Crippen LogP contribution < -0.4 is 9.47 Å². The predicted molar refractivity (Wildman–Crippen MR) is 136 cm³/mol. The summed E-state index contributed by atoms with van der Waals surface area (Å²) in [5, 5.41) is 12.6. The van der Waals surface area contributed by atoms with Gasteiger partial charge in [-0.25, -0.2) is 4.98 Å². The van der Waals surface area contributed by atoms with E-state index >= 15 is 0 Å². The molecule has 1 atom stereocenters. The molecule has 0 radical (unpaired) electrons. The van der Waals surface area contributed by atoms with Crippen LogP contribution in [0.15, 0.2) is 88.4 Å². The van der Waals surface area contributed by atoms with E-state index in [0.717, 1.165) is 27.6 Å². The minimum atomic E-state index is -0.872. The lowest BCUT2D eigenvalue weighted by Crippen LogP contribution is -2.37. The van der Waals surface area contributed by atoms with Gasteiger partial charge in [-0.15, -0.1) is 11.3 Å². The van der Waals surface area contributed by atoms with Crippen LogP contribution in [0.25, 0.3) is 10.8 Å². The zero-order chi connectivity index (χ0) is 24.0. The molecule has 0 fully saturated rings. The van der Waals surface area contributed by atoms with Gasteiger partial charge in [-0.3, -0.25) is 0 Å². The van der Waals surface area contributed by atoms with Gasteiger partial charge in [-0.2, -0.15) is 0 Å². The number of benzene rings is 2. The third-order valence-electron chi connectivity index (χ3n) is 5.60. The molecule has 0 bridgehead atoms. The van der Waals surface area contributed by atoms with Crippen molar-refractivity contribution < 1.29 is 19.0 Å². The van der Waals surface area contributed by atoms with Crippen molar-refractivity contribution >= 4 is 11.3 Å². The van der Waals surface area contributed by atoms with Gasteiger partial charge in [-0.1, -0.05) is 36.4 Å². The summed E-state index contributed by atoms with van der Waals surface area (Å²) in [5.41, 5.74) is 1.08. The van der Waals surface area contributed by atoms with Crippen LogP contribution in [0, 0.1) is 6.92 Å². The topological polar surface area (TPSA) is 64.7 Å². The number of allylic oxidation sites excluding steroid dienone is 1. The summed E-state index contributed by atoms with van der Waals surface area (Å²) in [7, 11) is 0. The number of aryl methyl sites for hydroxylation is 1. The number of oxazole rings is 1. The Bertz CT molecular complexity index is 1210. The number of para-hydroxylation sites is 1. The number of thiophene rings is 1. The van der Waals surface area contributed by atoms with E-state index in [2.05, 4.69) is 4.98 Å². The molecular formula is C28H29NO4S. The molecule has 176 valence electrons. The maximum absolute atomic E-state index is 10.6. The summed E-state index contributed by atoms with van der Waals surface area (Å²) in [6.07, 6.45) is 2.86. The monoisotopic (exact) mass is 475 g/mol. The highest BCUT2D eigenvalue weighted by Crippen LogP contribution is 2.29. The average Bonchev–Trinajstić information content (AvgIpc) is 3.50. The van der Waals surface area contributed by atoms with Gasteiger partial charge >= 0.3 is 0 Å². The number of aliphatic hydroxyl groups is 1. The second-order valence-electron chi connectivity index (χ2n) is 8.24. The summed E-state index contributed by atoms with van der Waals surface area (Å²) >= 11 is 1.61. The highest BCUT2D eigenvalue weighted by molar-refractivity contribution is 7.13. The Morgan fingerprint density at radius 3 is 2.50 bits per heavy atom. The molecule has 2 aromatic carbocycles. The Kier molecular flexibility index (Phi) is 7.38. The molecule has 0 aliphatic rings. The first-order chi connectivity index (χ1) is 16.5. The normalized spacial score (nSPS) is 13.4. The molecule has 4 aromatic rings. The van der Waals surface area contributed by atoms with E-state index < -0.39 is 5.60 Å². The zero-order valence-corrected chi connectivity index (χ0v) is 20.5. The molecule has 0 aliphatic carbocycles. The Balaban J connectivity index is 1.36. The molecule has 0 saturated heterocycles. The summed E-state index contributed by atoms with van der Waals surface area (Å²) in [6.45, 7) is 6.14. The number of hydrogen-bond donors (Lipinski definition) is 1.